The van der Waals surface area contributed by atoms with E-state index in [9.17, 15) is 9.59 Å². The van der Waals surface area contributed by atoms with E-state index in [0.29, 0.717) is 18.4 Å². The van der Waals surface area contributed by atoms with Crippen LogP contribution in [0.15, 0.2) is 23.8 Å². The van der Waals surface area contributed by atoms with Gasteiger partial charge >= 0.3 is 11.9 Å². The van der Waals surface area contributed by atoms with Crippen molar-refractivity contribution in [3.05, 3.63) is 23.8 Å². The molecule has 2 aliphatic heterocycles. The van der Waals surface area contributed by atoms with Gasteiger partial charge in [-0.2, -0.15) is 0 Å². The molecule has 2 aliphatic rings. The molecule has 0 spiro atoms. The fourth-order valence-electron chi connectivity index (χ4n) is 2.86. The lowest BCUT2D eigenvalue weighted by atomic mass is 10.0. The normalized spacial score (nSPS) is 32.5. The highest BCUT2D eigenvalue weighted by Crippen LogP contribution is 2.31. The lowest BCUT2D eigenvalue weighted by molar-refractivity contribution is -0.163. The quantitative estimate of drug-likeness (QED) is 0.567. The summed E-state index contributed by atoms with van der Waals surface area (Å²) in [5.41, 5.74) is 0.516. The van der Waals surface area contributed by atoms with Crippen molar-refractivity contribution in [1.82, 2.24) is 0 Å². The summed E-state index contributed by atoms with van der Waals surface area (Å²) in [5.74, 6) is -1.45. The molecule has 0 aromatic rings. The van der Waals surface area contributed by atoms with Crippen LogP contribution in [0.1, 0.15) is 47.5 Å². The van der Waals surface area contributed by atoms with Gasteiger partial charge in [-0.3, -0.25) is 0 Å². The van der Waals surface area contributed by atoms with Gasteiger partial charge in [0.15, 0.2) is 11.9 Å². The number of rotatable bonds is 5. The molecule has 0 amide bonds. The van der Waals surface area contributed by atoms with Gasteiger partial charge in [-0.1, -0.05) is 6.08 Å². The molecule has 0 radical (unpaired) electrons. The van der Waals surface area contributed by atoms with Crippen molar-refractivity contribution in [3.8, 4) is 0 Å². The molecule has 0 unspecified atom stereocenters. The Labute approximate surface area is 142 Å². The Hall–Kier alpha value is -1.66. The highest BCUT2D eigenvalue weighted by Gasteiger charge is 2.39. The molecule has 24 heavy (non-hydrogen) atoms. The van der Waals surface area contributed by atoms with Gasteiger partial charge in [-0.05, 0) is 53.5 Å². The summed E-state index contributed by atoms with van der Waals surface area (Å²) >= 11 is 0. The molecular weight excluding hydrogens is 312 g/mol. The average molecular weight is 338 g/mol. The summed E-state index contributed by atoms with van der Waals surface area (Å²) in [7, 11) is 0. The van der Waals surface area contributed by atoms with E-state index in [0.717, 1.165) is 0 Å². The Morgan fingerprint density at radius 1 is 1.29 bits per heavy atom. The van der Waals surface area contributed by atoms with Gasteiger partial charge in [0.25, 0.3) is 0 Å². The van der Waals surface area contributed by atoms with Crippen molar-refractivity contribution < 1.29 is 28.5 Å². The van der Waals surface area contributed by atoms with E-state index in [-0.39, 0.29) is 12.2 Å². The van der Waals surface area contributed by atoms with Gasteiger partial charge in [-0.15, -0.1) is 0 Å². The molecule has 1 saturated heterocycles. The summed E-state index contributed by atoms with van der Waals surface area (Å²) in [6, 6.07) is 0. The van der Waals surface area contributed by atoms with E-state index in [1.165, 1.54) is 6.08 Å². The second kappa shape index (κ2) is 7.49. The summed E-state index contributed by atoms with van der Waals surface area (Å²) in [6.45, 7) is 9.16. The molecular formula is C18H26O6. The van der Waals surface area contributed by atoms with Gasteiger partial charge in [-0.25, -0.2) is 9.59 Å². The van der Waals surface area contributed by atoms with Crippen LogP contribution in [-0.2, 0) is 28.5 Å². The monoisotopic (exact) mass is 338 g/mol. The van der Waals surface area contributed by atoms with Crippen molar-refractivity contribution in [2.24, 2.45) is 0 Å². The van der Waals surface area contributed by atoms with Crippen molar-refractivity contribution in [1.29, 1.82) is 0 Å². The van der Waals surface area contributed by atoms with Crippen LogP contribution in [0.25, 0.3) is 0 Å². The molecule has 0 aromatic heterocycles. The molecule has 0 aromatic carbocycles. The van der Waals surface area contributed by atoms with Crippen LogP contribution in [-0.4, -0.2) is 42.1 Å². The van der Waals surface area contributed by atoms with Crippen LogP contribution < -0.4 is 0 Å². The highest BCUT2D eigenvalue weighted by atomic mass is 16.7. The van der Waals surface area contributed by atoms with Crippen molar-refractivity contribution in [3.63, 3.8) is 0 Å². The van der Waals surface area contributed by atoms with Crippen LogP contribution >= 0.6 is 0 Å². The second-order valence-electron chi connectivity index (χ2n) is 6.63. The molecule has 6 nitrogen and oxygen atoms in total. The van der Waals surface area contributed by atoms with Crippen LogP contribution in [0.2, 0.25) is 0 Å². The lowest BCUT2D eigenvalue weighted by Gasteiger charge is -2.28. The van der Waals surface area contributed by atoms with Crippen molar-refractivity contribution in [2.45, 2.75) is 77.7 Å². The number of cyclic esters (lactones) is 1. The molecule has 0 bridgehead atoms. The largest absolute Gasteiger partial charge is 0.455 e. The summed E-state index contributed by atoms with van der Waals surface area (Å²) < 4.78 is 22.4. The van der Waals surface area contributed by atoms with E-state index < -0.39 is 29.9 Å². The van der Waals surface area contributed by atoms with Crippen LogP contribution in [0, 0.1) is 0 Å². The molecule has 1 fully saturated rings. The second-order valence-corrected chi connectivity index (χ2v) is 6.63. The fraction of sp³-hybridized carbons (Fsp3) is 0.667. The van der Waals surface area contributed by atoms with E-state index in [1.807, 2.05) is 20.8 Å². The van der Waals surface area contributed by atoms with Crippen molar-refractivity contribution >= 4 is 11.9 Å². The first-order valence-corrected chi connectivity index (χ1v) is 8.30. The summed E-state index contributed by atoms with van der Waals surface area (Å²) in [4.78, 5) is 23.5. The van der Waals surface area contributed by atoms with Crippen LogP contribution in [0.4, 0.5) is 0 Å². The van der Waals surface area contributed by atoms with Crippen LogP contribution in [0.3, 0.4) is 0 Å². The van der Waals surface area contributed by atoms with Gasteiger partial charge in [0.2, 0.25) is 0 Å². The molecule has 134 valence electrons. The number of hydrogen-bond donors (Lipinski definition) is 0. The van der Waals surface area contributed by atoms with Crippen LogP contribution in [0.5, 0.6) is 0 Å². The maximum Gasteiger partial charge on any atom is 0.334 e. The number of allylic oxidation sites excluding steroid dienone is 1. The summed E-state index contributed by atoms with van der Waals surface area (Å²) in [6.07, 6.45) is 4.50. The molecule has 0 aliphatic carbocycles. The molecule has 2 rings (SSSR count). The van der Waals surface area contributed by atoms with E-state index in [1.54, 1.807) is 26.0 Å². The van der Waals surface area contributed by atoms with Crippen molar-refractivity contribution in [2.75, 3.05) is 0 Å². The Morgan fingerprint density at radius 2 is 1.96 bits per heavy atom. The third kappa shape index (κ3) is 4.68. The predicted molar refractivity (Wildman–Crippen MR) is 87.1 cm³/mol. The van der Waals surface area contributed by atoms with E-state index >= 15 is 0 Å². The third-order valence-corrected chi connectivity index (χ3v) is 4.22. The zero-order chi connectivity index (χ0) is 17.9. The number of carbonyl (C=O) groups excluding carboxylic acids is 2. The predicted octanol–water partition coefficient (Wildman–Crippen LogP) is 2.67. The molecule has 4 atom stereocenters. The first kappa shape index (κ1) is 18.7. The number of hydrogen-bond acceptors (Lipinski definition) is 6. The van der Waals surface area contributed by atoms with Gasteiger partial charge in [0.1, 0.15) is 6.10 Å². The highest BCUT2D eigenvalue weighted by molar-refractivity contribution is 5.88. The van der Waals surface area contributed by atoms with E-state index in [4.69, 9.17) is 18.9 Å². The smallest absolute Gasteiger partial charge is 0.334 e. The minimum atomic E-state index is -0.609. The van der Waals surface area contributed by atoms with Gasteiger partial charge < -0.3 is 18.9 Å². The first-order chi connectivity index (χ1) is 11.2. The lowest BCUT2D eigenvalue weighted by Crippen LogP contribution is -2.38. The molecule has 2 heterocycles. The number of carbonyl (C=O) groups is 2. The minimum Gasteiger partial charge on any atom is -0.455 e. The zero-order valence-electron chi connectivity index (χ0n) is 14.9. The Bertz CT molecular complexity index is 548. The fourth-order valence-corrected chi connectivity index (χ4v) is 2.86. The summed E-state index contributed by atoms with van der Waals surface area (Å²) in [5, 5.41) is 0. The first-order valence-electron chi connectivity index (χ1n) is 8.30. The zero-order valence-corrected chi connectivity index (χ0v) is 14.9. The number of esters is 2. The maximum atomic E-state index is 12.0. The Morgan fingerprint density at radius 3 is 2.54 bits per heavy atom. The maximum absolute atomic E-state index is 12.0. The third-order valence-electron chi connectivity index (χ3n) is 4.22. The SMILES string of the molecule is C/C=C(\C)C(=O)O[C@H]1C=CC(=O)O[C@H]1CC[C@@H]1OC(C)(C)O[C@H]1C. The topological polar surface area (TPSA) is 71.1 Å². The Balaban J connectivity index is 1.97. The van der Waals surface area contributed by atoms with Gasteiger partial charge in [0, 0.05) is 11.6 Å². The molecule has 0 saturated carbocycles. The number of ether oxygens (including phenoxy) is 4. The standard InChI is InChI=1S/C18H26O6/c1-6-11(2)17(20)22-15-9-10-16(19)21-14(15)8-7-13-12(3)23-18(4,5)24-13/h6,9-10,12-15H,7-8H2,1-5H3/b11-6+/t12-,13-,14-,15-/m0/s1. The minimum absolute atomic E-state index is 0.0406. The molecule has 0 N–H and O–H groups in total. The average Bonchev–Trinajstić information content (AvgIpc) is 2.78. The van der Waals surface area contributed by atoms with Gasteiger partial charge in [0.05, 0.1) is 12.2 Å². The Kier molecular flexibility index (Phi) is 5.83. The molecule has 6 heteroatoms. The van der Waals surface area contributed by atoms with E-state index in [2.05, 4.69) is 0 Å².